The molecular formula is C16H11ClFN3O2. The Balaban J connectivity index is 2.17. The maximum Gasteiger partial charge on any atom is 0.272 e. The number of amides is 1. The maximum absolute atomic E-state index is 13.6. The summed E-state index contributed by atoms with van der Waals surface area (Å²) in [6.45, 7) is 0. The molecule has 7 heteroatoms. The van der Waals surface area contributed by atoms with Crippen LogP contribution < -0.4 is 11.3 Å². The Morgan fingerprint density at radius 1 is 1.30 bits per heavy atom. The number of carbonyl (C=O) groups excluding carboxylic acids is 1. The van der Waals surface area contributed by atoms with Gasteiger partial charge in [-0.15, -0.1) is 0 Å². The number of halogens is 2. The van der Waals surface area contributed by atoms with E-state index in [0.29, 0.717) is 16.6 Å². The van der Waals surface area contributed by atoms with Crippen molar-refractivity contribution in [1.82, 2.24) is 10.2 Å². The number of benzene rings is 2. The molecule has 0 radical (unpaired) electrons. The van der Waals surface area contributed by atoms with E-state index in [4.69, 9.17) is 17.3 Å². The molecule has 116 valence electrons. The van der Waals surface area contributed by atoms with E-state index < -0.39 is 17.3 Å². The van der Waals surface area contributed by atoms with Gasteiger partial charge in [-0.2, -0.15) is 5.10 Å². The largest absolute Gasteiger partial charge is 0.366 e. The summed E-state index contributed by atoms with van der Waals surface area (Å²) in [6, 6.07) is 9.20. The molecule has 2 aromatic carbocycles. The molecule has 5 nitrogen and oxygen atoms in total. The molecule has 3 N–H and O–H groups in total. The second kappa shape index (κ2) is 5.81. The van der Waals surface area contributed by atoms with Crippen LogP contribution in [0.2, 0.25) is 5.02 Å². The molecule has 0 saturated heterocycles. The highest BCUT2D eigenvalue weighted by Crippen LogP contribution is 2.21. The molecule has 0 aliphatic rings. The lowest BCUT2D eigenvalue weighted by Crippen LogP contribution is -2.18. The Morgan fingerprint density at radius 3 is 2.78 bits per heavy atom. The van der Waals surface area contributed by atoms with E-state index in [-0.39, 0.29) is 22.4 Å². The van der Waals surface area contributed by atoms with E-state index in [1.165, 1.54) is 18.2 Å². The fraction of sp³-hybridized carbons (Fsp3) is 0.0625. The van der Waals surface area contributed by atoms with Crippen LogP contribution in [0.25, 0.3) is 10.8 Å². The minimum Gasteiger partial charge on any atom is -0.366 e. The van der Waals surface area contributed by atoms with E-state index in [0.717, 1.165) is 0 Å². The number of primary amides is 1. The first-order valence-electron chi connectivity index (χ1n) is 6.71. The molecule has 0 aliphatic heterocycles. The van der Waals surface area contributed by atoms with E-state index in [1.54, 1.807) is 18.2 Å². The number of aromatic nitrogens is 2. The highest BCUT2D eigenvalue weighted by Gasteiger charge is 2.14. The van der Waals surface area contributed by atoms with Gasteiger partial charge in [0.2, 0.25) is 5.91 Å². The predicted molar refractivity (Wildman–Crippen MR) is 85.1 cm³/mol. The lowest BCUT2D eigenvalue weighted by Gasteiger charge is -2.08. The first kappa shape index (κ1) is 15.2. The van der Waals surface area contributed by atoms with Gasteiger partial charge in [0.25, 0.3) is 5.56 Å². The van der Waals surface area contributed by atoms with Gasteiger partial charge < -0.3 is 5.73 Å². The second-order valence-electron chi connectivity index (χ2n) is 5.02. The number of nitrogens with one attached hydrogen (secondary N) is 1. The van der Waals surface area contributed by atoms with Crippen molar-refractivity contribution in [3.05, 3.63) is 74.4 Å². The number of hydrogen-bond donors (Lipinski definition) is 2. The highest BCUT2D eigenvalue weighted by molar-refractivity contribution is 6.30. The number of fused-ring (bicyclic) bond motifs is 1. The number of H-pyrrole nitrogens is 1. The Hall–Kier alpha value is -2.73. The van der Waals surface area contributed by atoms with Crippen molar-refractivity contribution in [2.75, 3.05) is 0 Å². The monoisotopic (exact) mass is 331 g/mol. The molecule has 1 amide bonds. The average molecular weight is 332 g/mol. The van der Waals surface area contributed by atoms with Crippen molar-refractivity contribution < 1.29 is 9.18 Å². The van der Waals surface area contributed by atoms with Gasteiger partial charge in [-0.25, -0.2) is 9.49 Å². The van der Waals surface area contributed by atoms with Crippen molar-refractivity contribution in [3.8, 4) is 0 Å². The molecule has 23 heavy (non-hydrogen) atoms. The van der Waals surface area contributed by atoms with Crippen molar-refractivity contribution in [1.29, 1.82) is 0 Å². The Kier molecular flexibility index (Phi) is 3.83. The Labute approximate surface area is 134 Å². The third kappa shape index (κ3) is 2.80. The van der Waals surface area contributed by atoms with Crippen LogP contribution in [-0.4, -0.2) is 16.1 Å². The van der Waals surface area contributed by atoms with Gasteiger partial charge in [-0.3, -0.25) is 9.59 Å². The van der Waals surface area contributed by atoms with Crippen LogP contribution in [0, 0.1) is 5.82 Å². The number of rotatable bonds is 3. The first-order valence-corrected chi connectivity index (χ1v) is 7.09. The summed E-state index contributed by atoms with van der Waals surface area (Å²) < 4.78 is 13.6. The van der Waals surface area contributed by atoms with Crippen molar-refractivity contribution in [2.45, 2.75) is 6.42 Å². The van der Waals surface area contributed by atoms with Crippen LogP contribution in [0.15, 0.2) is 41.2 Å². The van der Waals surface area contributed by atoms with Gasteiger partial charge in [-0.05, 0) is 23.8 Å². The lowest BCUT2D eigenvalue weighted by atomic mass is 10.0. The smallest absolute Gasteiger partial charge is 0.272 e. The third-order valence-electron chi connectivity index (χ3n) is 3.52. The Morgan fingerprint density at radius 2 is 2.09 bits per heavy atom. The minimum absolute atomic E-state index is 0.0315. The van der Waals surface area contributed by atoms with Gasteiger partial charge in [0.1, 0.15) is 5.82 Å². The summed E-state index contributed by atoms with van der Waals surface area (Å²) in [4.78, 5) is 23.5. The molecule has 1 heterocycles. The van der Waals surface area contributed by atoms with Crippen molar-refractivity contribution >= 4 is 28.3 Å². The quantitative estimate of drug-likeness (QED) is 0.772. The summed E-state index contributed by atoms with van der Waals surface area (Å²) in [5.74, 6) is -1.23. The standard InChI is InChI=1S/C16H11ClFN3O2/c17-11-5-4-8(6-12(11)18)7-13-9-2-1-3-10(15(19)22)14(9)16(23)21-20-13/h1-6H,7H2,(H2,19,22)(H,21,23). The fourth-order valence-corrected chi connectivity index (χ4v) is 2.57. The zero-order valence-corrected chi connectivity index (χ0v) is 12.5. The summed E-state index contributed by atoms with van der Waals surface area (Å²) in [7, 11) is 0. The van der Waals surface area contributed by atoms with Crippen LogP contribution in [0.1, 0.15) is 21.6 Å². The second-order valence-corrected chi connectivity index (χ2v) is 5.42. The van der Waals surface area contributed by atoms with E-state index in [1.807, 2.05) is 0 Å². The van der Waals surface area contributed by atoms with Gasteiger partial charge in [0.05, 0.1) is 21.7 Å². The van der Waals surface area contributed by atoms with E-state index >= 15 is 0 Å². The van der Waals surface area contributed by atoms with Crippen LogP contribution >= 0.6 is 11.6 Å². The van der Waals surface area contributed by atoms with Crippen LogP contribution in [0.3, 0.4) is 0 Å². The van der Waals surface area contributed by atoms with Gasteiger partial charge >= 0.3 is 0 Å². The molecule has 0 spiro atoms. The summed E-state index contributed by atoms with van der Waals surface area (Å²) in [5, 5.41) is 7.07. The summed E-state index contributed by atoms with van der Waals surface area (Å²) >= 11 is 5.67. The molecule has 0 fully saturated rings. The first-order chi connectivity index (χ1) is 11.0. The molecule has 0 atom stereocenters. The molecule has 3 aromatic rings. The van der Waals surface area contributed by atoms with Gasteiger partial charge in [0.15, 0.2) is 0 Å². The molecule has 0 aliphatic carbocycles. The van der Waals surface area contributed by atoms with E-state index in [2.05, 4.69) is 10.2 Å². The fourth-order valence-electron chi connectivity index (χ4n) is 2.45. The SMILES string of the molecule is NC(=O)c1cccc2c(Cc3ccc(Cl)c(F)c3)n[nH]c(=O)c12. The normalized spacial score (nSPS) is 10.9. The third-order valence-corrected chi connectivity index (χ3v) is 3.82. The topological polar surface area (TPSA) is 88.8 Å². The predicted octanol–water partition coefficient (Wildman–Crippen LogP) is 2.41. The van der Waals surface area contributed by atoms with Gasteiger partial charge in [-0.1, -0.05) is 29.8 Å². The lowest BCUT2D eigenvalue weighted by molar-refractivity contribution is 0.100. The number of aromatic amines is 1. The van der Waals surface area contributed by atoms with Gasteiger partial charge in [0, 0.05) is 11.8 Å². The summed E-state index contributed by atoms with van der Waals surface area (Å²) in [6.07, 6.45) is 0.267. The van der Waals surface area contributed by atoms with Crippen LogP contribution in [0.5, 0.6) is 0 Å². The number of nitrogens with zero attached hydrogens (tertiary/aromatic N) is 1. The highest BCUT2D eigenvalue weighted by atomic mass is 35.5. The van der Waals surface area contributed by atoms with Crippen LogP contribution in [-0.2, 0) is 6.42 Å². The number of hydrogen-bond acceptors (Lipinski definition) is 3. The number of nitrogens with two attached hydrogens (primary N) is 1. The van der Waals surface area contributed by atoms with Crippen LogP contribution in [0.4, 0.5) is 4.39 Å². The number of carbonyl (C=O) groups is 1. The van der Waals surface area contributed by atoms with Crippen molar-refractivity contribution in [3.63, 3.8) is 0 Å². The maximum atomic E-state index is 13.6. The van der Waals surface area contributed by atoms with E-state index in [9.17, 15) is 14.0 Å². The molecular weight excluding hydrogens is 321 g/mol. The minimum atomic E-state index is -0.698. The molecule has 3 rings (SSSR count). The van der Waals surface area contributed by atoms with Crippen molar-refractivity contribution in [2.24, 2.45) is 5.73 Å². The zero-order chi connectivity index (χ0) is 16.6. The molecule has 0 bridgehead atoms. The Bertz CT molecular complexity index is 985. The average Bonchev–Trinajstić information content (AvgIpc) is 2.53. The zero-order valence-electron chi connectivity index (χ0n) is 11.8. The molecule has 1 aromatic heterocycles. The summed E-state index contributed by atoms with van der Waals surface area (Å²) in [5.41, 5.74) is 6.07. The molecule has 0 unspecified atom stereocenters. The molecule has 0 saturated carbocycles.